The lowest BCUT2D eigenvalue weighted by Gasteiger charge is -2.07. The van der Waals surface area contributed by atoms with Crippen molar-refractivity contribution in [1.29, 1.82) is 0 Å². The van der Waals surface area contributed by atoms with Crippen molar-refractivity contribution >= 4 is 11.2 Å². The molecule has 1 heterocycles. The standard InChI is InChI=1S/C4HF3NO2S/c5-4(6,7)11(9)3-1-10-2-8-3/h1H. The fourth-order valence-electron chi connectivity index (χ4n) is 0.378. The third-order valence-corrected chi connectivity index (χ3v) is 1.76. The molecule has 0 aromatic carbocycles. The Hall–Kier alpha value is -0.690. The van der Waals surface area contributed by atoms with E-state index in [-0.39, 0.29) is 0 Å². The Morgan fingerprint density at radius 3 is 2.64 bits per heavy atom. The van der Waals surface area contributed by atoms with Gasteiger partial charge in [0.25, 0.3) is 11.4 Å². The first-order valence-corrected chi connectivity index (χ1v) is 3.47. The Balaban J connectivity index is 2.78. The highest BCUT2D eigenvalue weighted by Gasteiger charge is 2.47. The summed E-state index contributed by atoms with van der Waals surface area (Å²) in [5.41, 5.74) is -4.79. The number of aromatic nitrogens is 1. The molecule has 11 heavy (non-hydrogen) atoms. The summed E-state index contributed by atoms with van der Waals surface area (Å²) in [5, 5.41) is -0.669. The number of hydrogen-bond donors (Lipinski definition) is 0. The second-order valence-corrected chi connectivity index (χ2v) is 2.91. The second-order valence-electron chi connectivity index (χ2n) is 1.49. The van der Waals surface area contributed by atoms with Crippen molar-refractivity contribution in [3.05, 3.63) is 12.7 Å². The number of alkyl halides is 3. The maximum absolute atomic E-state index is 11.6. The highest BCUT2D eigenvalue weighted by Crippen LogP contribution is 2.28. The monoisotopic (exact) mass is 184 g/mol. The minimum absolute atomic E-state index is 0.642. The van der Waals surface area contributed by atoms with E-state index in [0.29, 0.717) is 6.26 Å². The van der Waals surface area contributed by atoms with Crippen LogP contribution >= 0.6 is 0 Å². The van der Waals surface area contributed by atoms with Crippen LogP contribution in [-0.2, 0) is 11.2 Å². The first-order chi connectivity index (χ1) is 5.02. The normalized spacial score (nSPS) is 14.9. The molecule has 1 aromatic rings. The molecule has 0 N–H and O–H groups in total. The molecule has 0 fully saturated rings. The average Bonchev–Trinajstić information content (AvgIpc) is 2.34. The number of oxazole rings is 1. The van der Waals surface area contributed by atoms with E-state index in [4.69, 9.17) is 0 Å². The summed E-state index contributed by atoms with van der Waals surface area (Å²) in [6.07, 6.45) is 2.41. The summed E-state index contributed by atoms with van der Waals surface area (Å²) in [5.74, 6) is 0. The first-order valence-electron chi connectivity index (χ1n) is 2.32. The number of nitrogens with zero attached hydrogens (tertiary/aromatic N) is 1. The van der Waals surface area contributed by atoms with Crippen LogP contribution in [0.2, 0.25) is 0 Å². The van der Waals surface area contributed by atoms with Crippen LogP contribution in [-0.4, -0.2) is 15.0 Å². The van der Waals surface area contributed by atoms with Gasteiger partial charge in [-0.2, -0.15) is 4.98 Å². The Morgan fingerprint density at radius 1 is 1.64 bits per heavy atom. The van der Waals surface area contributed by atoms with Gasteiger partial charge >= 0.3 is 5.51 Å². The van der Waals surface area contributed by atoms with Crippen LogP contribution in [0.25, 0.3) is 0 Å². The predicted molar refractivity (Wildman–Crippen MR) is 27.8 cm³/mol. The Morgan fingerprint density at radius 2 is 2.27 bits per heavy atom. The van der Waals surface area contributed by atoms with Crippen molar-refractivity contribution in [3.63, 3.8) is 0 Å². The average molecular weight is 184 g/mol. The third kappa shape index (κ3) is 1.87. The summed E-state index contributed by atoms with van der Waals surface area (Å²) < 4.78 is 49.3. The predicted octanol–water partition coefficient (Wildman–Crippen LogP) is 1.10. The quantitative estimate of drug-likeness (QED) is 0.614. The molecule has 1 atom stereocenters. The van der Waals surface area contributed by atoms with Crippen molar-refractivity contribution in [1.82, 2.24) is 4.98 Å². The molecular weight excluding hydrogens is 183 g/mol. The summed E-state index contributed by atoms with van der Waals surface area (Å²) in [6, 6.07) is 0. The van der Waals surface area contributed by atoms with Crippen LogP contribution in [0.5, 0.6) is 0 Å². The molecule has 0 aliphatic carbocycles. The lowest BCUT2D eigenvalue weighted by molar-refractivity contribution is -0.0437. The van der Waals surface area contributed by atoms with Gasteiger partial charge in [-0.25, -0.2) is 0 Å². The van der Waals surface area contributed by atoms with E-state index in [0.717, 1.165) is 0 Å². The summed E-state index contributed by atoms with van der Waals surface area (Å²) in [6.45, 7) is 0. The van der Waals surface area contributed by atoms with E-state index in [1.54, 1.807) is 6.39 Å². The van der Waals surface area contributed by atoms with Crippen LogP contribution in [0.1, 0.15) is 0 Å². The molecule has 3 nitrogen and oxygen atoms in total. The van der Waals surface area contributed by atoms with E-state index in [2.05, 4.69) is 9.40 Å². The molecule has 7 heteroatoms. The van der Waals surface area contributed by atoms with Crippen molar-refractivity contribution in [2.45, 2.75) is 10.5 Å². The molecule has 1 radical (unpaired) electrons. The fourth-order valence-corrected chi connectivity index (χ4v) is 0.871. The Labute approximate surface area is 62.4 Å². The van der Waals surface area contributed by atoms with Gasteiger partial charge in [0.1, 0.15) is 11.2 Å². The van der Waals surface area contributed by atoms with Gasteiger partial charge in [-0.15, -0.1) is 13.2 Å². The maximum atomic E-state index is 11.6. The van der Waals surface area contributed by atoms with E-state index in [9.17, 15) is 17.7 Å². The van der Waals surface area contributed by atoms with E-state index in [1.807, 2.05) is 0 Å². The van der Waals surface area contributed by atoms with Gasteiger partial charge in [-0.1, -0.05) is 0 Å². The summed E-state index contributed by atoms with van der Waals surface area (Å²) >= 11 is -3.11. The Kier molecular flexibility index (Phi) is 2.10. The van der Waals surface area contributed by atoms with Gasteiger partial charge in [0, 0.05) is 0 Å². The maximum Gasteiger partial charge on any atom is 0.579 e. The van der Waals surface area contributed by atoms with Crippen LogP contribution in [0.3, 0.4) is 0 Å². The largest absolute Gasteiger partial charge is 0.603 e. The van der Waals surface area contributed by atoms with Crippen LogP contribution in [0, 0.1) is 6.39 Å². The number of hydrogen-bond acceptors (Lipinski definition) is 3. The zero-order valence-electron chi connectivity index (χ0n) is 4.88. The van der Waals surface area contributed by atoms with Crippen molar-refractivity contribution in [2.24, 2.45) is 0 Å². The zero-order valence-corrected chi connectivity index (χ0v) is 5.70. The molecule has 0 spiro atoms. The molecule has 0 saturated heterocycles. The molecule has 0 amide bonds. The highest BCUT2D eigenvalue weighted by atomic mass is 32.2. The van der Waals surface area contributed by atoms with Crippen LogP contribution < -0.4 is 0 Å². The Bertz CT molecular complexity index is 222. The molecule has 61 valence electrons. The molecule has 0 bridgehead atoms. The van der Waals surface area contributed by atoms with E-state index < -0.39 is 21.7 Å². The molecule has 1 unspecified atom stereocenters. The van der Waals surface area contributed by atoms with Gasteiger partial charge in [-0.05, 0) is 0 Å². The minimum Gasteiger partial charge on any atom is -0.603 e. The summed E-state index contributed by atoms with van der Waals surface area (Å²) in [4.78, 5) is 2.97. The zero-order chi connectivity index (χ0) is 8.48. The van der Waals surface area contributed by atoms with E-state index in [1.165, 1.54) is 0 Å². The topological polar surface area (TPSA) is 49.1 Å². The molecule has 1 rings (SSSR count). The first kappa shape index (κ1) is 8.41. The SMILES string of the molecule is [O-][S+](c1co[c]n1)C(F)(F)F. The van der Waals surface area contributed by atoms with Gasteiger partial charge < -0.3 is 8.97 Å². The lowest BCUT2D eigenvalue weighted by atomic mass is 11.0. The minimum atomic E-state index is -4.79. The van der Waals surface area contributed by atoms with Crippen molar-refractivity contribution in [2.75, 3.05) is 0 Å². The van der Waals surface area contributed by atoms with Crippen molar-refractivity contribution < 1.29 is 22.1 Å². The molecule has 1 aromatic heterocycles. The smallest absolute Gasteiger partial charge is 0.579 e. The van der Waals surface area contributed by atoms with Gasteiger partial charge in [0.05, 0.1) is 0 Å². The number of halogens is 3. The van der Waals surface area contributed by atoms with Gasteiger partial charge in [-0.3, -0.25) is 0 Å². The van der Waals surface area contributed by atoms with E-state index >= 15 is 0 Å². The lowest BCUT2D eigenvalue weighted by Crippen LogP contribution is -2.23. The van der Waals surface area contributed by atoms with Crippen molar-refractivity contribution in [3.8, 4) is 0 Å². The second kappa shape index (κ2) is 2.74. The third-order valence-electron chi connectivity index (χ3n) is 0.768. The van der Waals surface area contributed by atoms with Gasteiger partial charge in [0.15, 0.2) is 6.26 Å². The molecular formula is C4HF3NO2S. The highest BCUT2D eigenvalue weighted by molar-refractivity contribution is 7.92. The molecule has 0 saturated carbocycles. The van der Waals surface area contributed by atoms with Crippen LogP contribution in [0.15, 0.2) is 15.7 Å². The van der Waals surface area contributed by atoms with Crippen LogP contribution in [0.4, 0.5) is 13.2 Å². The molecule has 0 aliphatic heterocycles. The number of rotatable bonds is 1. The fraction of sp³-hybridized carbons (Fsp3) is 0.250. The molecule has 0 aliphatic rings. The summed E-state index contributed by atoms with van der Waals surface area (Å²) in [7, 11) is 0. The van der Waals surface area contributed by atoms with Gasteiger partial charge in [0.2, 0.25) is 0 Å².